The fourth-order valence-corrected chi connectivity index (χ4v) is 4.17. The molecule has 1 aliphatic carbocycles. The molecule has 0 N–H and O–H groups in total. The fourth-order valence-electron chi connectivity index (χ4n) is 3.21. The van der Waals surface area contributed by atoms with E-state index in [1.54, 1.807) is 12.1 Å². The Labute approximate surface area is 146 Å². The van der Waals surface area contributed by atoms with Crippen molar-refractivity contribution in [3.8, 4) is 0 Å². The highest BCUT2D eigenvalue weighted by atomic mass is 79.9. The first kappa shape index (κ1) is 15.9. The van der Waals surface area contributed by atoms with E-state index in [0.29, 0.717) is 10.9 Å². The van der Waals surface area contributed by atoms with Gasteiger partial charge in [-0.3, -0.25) is 4.79 Å². The van der Waals surface area contributed by atoms with Crippen LogP contribution in [0, 0.1) is 5.82 Å². The minimum Gasteiger partial charge on any atom is -0.351 e. The van der Waals surface area contributed by atoms with Crippen molar-refractivity contribution in [2.45, 2.75) is 25.2 Å². The van der Waals surface area contributed by atoms with Gasteiger partial charge < -0.3 is 4.90 Å². The molecular formula is C17H16Br2FNO. The zero-order valence-corrected chi connectivity index (χ0v) is 15.4. The van der Waals surface area contributed by atoms with Crippen LogP contribution in [-0.2, 0) is 4.79 Å². The van der Waals surface area contributed by atoms with Crippen LogP contribution in [0.5, 0.6) is 0 Å². The predicted molar refractivity (Wildman–Crippen MR) is 92.4 cm³/mol. The number of hydrogen-bond donors (Lipinski definition) is 0. The van der Waals surface area contributed by atoms with Gasteiger partial charge in [0.15, 0.2) is 5.78 Å². The van der Waals surface area contributed by atoms with E-state index in [1.165, 1.54) is 6.07 Å². The lowest BCUT2D eigenvalue weighted by atomic mass is 9.79. The van der Waals surface area contributed by atoms with Crippen LogP contribution in [0.1, 0.15) is 30.7 Å². The zero-order valence-electron chi connectivity index (χ0n) is 12.2. The van der Waals surface area contributed by atoms with Crippen LogP contribution in [0.2, 0.25) is 0 Å². The molecule has 1 aromatic rings. The van der Waals surface area contributed by atoms with Crippen LogP contribution < -0.4 is 0 Å². The van der Waals surface area contributed by atoms with E-state index in [4.69, 9.17) is 0 Å². The van der Waals surface area contributed by atoms with Gasteiger partial charge in [0.05, 0.1) is 4.47 Å². The third-order valence-electron chi connectivity index (χ3n) is 4.37. The number of hydrogen-bond acceptors (Lipinski definition) is 2. The number of nitrogens with zero attached hydrogens (tertiary/aromatic N) is 1. The monoisotopic (exact) mass is 427 g/mol. The molecule has 0 amide bonds. The van der Waals surface area contributed by atoms with Crippen LogP contribution in [-0.4, -0.2) is 23.1 Å². The average Bonchev–Trinajstić information content (AvgIpc) is 2.51. The zero-order chi connectivity index (χ0) is 15.9. The highest BCUT2D eigenvalue weighted by Crippen LogP contribution is 2.42. The van der Waals surface area contributed by atoms with Gasteiger partial charge in [-0.1, -0.05) is 28.1 Å². The number of Topliss-reactive ketones (excluding diaryl/α,β-unsaturated/α-hetero) is 1. The number of rotatable bonds is 2. The molecule has 1 aromatic carbocycles. The van der Waals surface area contributed by atoms with Crippen LogP contribution in [0.3, 0.4) is 0 Å². The quantitative estimate of drug-likeness (QED) is 0.624. The molecule has 1 unspecified atom stereocenters. The Morgan fingerprint density at radius 1 is 1.36 bits per heavy atom. The highest BCUT2D eigenvalue weighted by Gasteiger charge is 2.33. The molecule has 0 radical (unpaired) electrons. The summed E-state index contributed by atoms with van der Waals surface area (Å²) in [6.07, 6.45) is 4.53. The molecule has 5 heteroatoms. The van der Waals surface area contributed by atoms with Gasteiger partial charge in [-0.05, 0) is 46.5 Å². The molecule has 0 saturated carbocycles. The van der Waals surface area contributed by atoms with E-state index in [0.717, 1.165) is 40.7 Å². The Hall–Kier alpha value is -0.940. The van der Waals surface area contributed by atoms with Crippen LogP contribution >= 0.6 is 31.9 Å². The summed E-state index contributed by atoms with van der Waals surface area (Å²) >= 11 is 6.77. The SMILES string of the molecule is CN1C(CBr)=CC(c2ccc(F)c(Br)c2)C2=C1CCCC2=O. The Morgan fingerprint density at radius 2 is 2.14 bits per heavy atom. The number of carbonyl (C=O) groups excluding carboxylic acids is 1. The number of allylic oxidation sites excluding steroid dienone is 4. The molecule has 2 nitrogen and oxygen atoms in total. The smallest absolute Gasteiger partial charge is 0.161 e. The largest absolute Gasteiger partial charge is 0.351 e. The summed E-state index contributed by atoms with van der Waals surface area (Å²) in [4.78, 5) is 14.6. The van der Waals surface area contributed by atoms with E-state index in [9.17, 15) is 9.18 Å². The van der Waals surface area contributed by atoms with Gasteiger partial charge in [-0.2, -0.15) is 0 Å². The van der Waals surface area contributed by atoms with Gasteiger partial charge in [-0.15, -0.1) is 0 Å². The van der Waals surface area contributed by atoms with E-state index in [1.807, 2.05) is 7.05 Å². The summed E-state index contributed by atoms with van der Waals surface area (Å²) in [5.41, 5.74) is 4.07. The van der Waals surface area contributed by atoms with Crippen molar-refractivity contribution in [2.24, 2.45) is 0 Å². The highest BCUT2D eigenvalue weighted by molar-refractivity contribution is 9.10. The first-order valence-corrected chi connectivity index (χ1v) is 9.16. The Morgan fingerprint density at radius 3 is 2.82 bits per heavy atom. The van der Waals surface area contributed by atoms with Crippen molar-refractivity contribution >= 4 is 37.6 Å². The molecule has 0 bridgehead atoms. The lowest BCUT2D eigenvalue weighted by Crippen LogP contribution is -2.31. The van der Waals surface area contributed by atoms with Gasteiger partial charge in [0.25, 0.3) is 0 Å². The summed E-state index contributed by atoms with van der Waals surface area (Å²) in [7, 11) is 2.01. The van der Waals surface area contributed by atoms with Crippen LogP contribution in [0.15, 0.2) is 45.7 Å². The van der Waals surface area contributed by atoms with Crippen molar-refractivity contribution in [1.82, 2.24) is 4.90 Å². The molecule has 0 saturated heterocycles. The number of carbonyl (C=O) groups is 1. The van der Waals surface area contributed by atoms with Crippen molar-refractivity contribution in [1.29, 1.82) is 0 Å². The molecule has 2 aliphatic rings. The molecule has 22 heavy (non-hydrogen) atoms. The lowest BCUT2D eigenvalue weighted by Gasteiger charge is -2.37. The van der Waals surface area contributed by atoms with E-state index >= 15 is 0 Å². The van der Waals surface area contributed by atoms with Crippen LogP contribution in [0.25, 0.3) is 0 Å². The van der Waals surface area contributed by atoms with Gasteiger partial charge in [-0.25, -0.2) is 4.39 Å². The number of ketones is 1. The predicted octanol–water partition coefficient (Wildman–Crippen LogP) is 4.90. The lowest BCUT2D eigenvalue weighted by molar-refractivity contribution is -0.116. The Bertz CT molecular complexity index is 696. The Kier molecular flexibility index (Phi) is 4.55. The van der Waals surface area contributed by atoms with Crippen LogP contribution in [0.4, 0.5) is 4.39 Å². The molecule has 0 aromatic heterocycles. The maximum Gasteiger partial charge on any atom is 0.161 e. The number of alkyl halides is 1. The third kappa shape index (κ3) is 2.69. The second-order valence-electron chi connectivity index (χ2n) is 5.64. The van der Waals surface area contributed by atoms with Gasteiger partial charge in [0, 0.05) is 41.7 Å². The topological polar surface area (TPSA) is 20.3 Å². The first-order valence-electron chi connectivity index (χ1n) is 7.24. The second kappa shape index (κ2) is 6.28. The standard InChI is InChI=1S/C17H16Br2FNO/c1-21-11(9-18)8-12(10-5-6-14(20)13(19)7-10)17-15(21)3-2-4-16(17)22/h5-8,12H,2-4,9H2,1H3. The Balaban J connectivity index is 2.13. The van der Waals surface area contributed by atoms with Crippen molar-refractivity contribution < 1.29 is 9.18 Å². The number of halogens is 3. The van der Waals surface area contributed by atoms with Crippen molar-refractivity contribution in [3.05, 3.63) is 57.1 Å². The number of benzene rings is 1. The fraction of sp³-hybridized carbons (Fsp3) is 0.353. The molecule has 1 atom stereocenters. The maximum atomic E-state index is 13.5. The molecule has 0 spiro atoms. The van der Waals surface area contributed by atoms with Gasteiger partial charge in [0.1, 0.15) is 5.82 Å². The molecule has 116 valence electrons. The third-order valence-corrected chi connectivity index (χ3v) is 5.56. The van der Waals surface area contributed by atoms with Gasteiger partial charge in [0.2, 0.25) is 0 Å². The van der Waals surface area contributed by atoms with E-state index < -0.39 is 0 Å². The van der Waals surface area contributed by atoms with Crippen molar-refractivity contribution in [2.75, 3.05) is 12.4 Å². The molecular weight excluding hydrogens is 413 g/mol. The molecule has 1 heterocycles. The van der Waals surface area contributed by atoms with E-state index in [2.05, 4.69) is 42.8 Å². The van der Waals surface area contributed by atoms with Crippen molar-refractivity contribution in [3.63, 3.8) is 0 Å². The summed E-state index contributed by atoms with van der Waals surface area (Å²) in [5, 5.41) is 0.729. The first-order chi connectivity index (χ1) is 10.5. The van der Waals surface area contributed by atoms with E-state index in [-0.39, 0.29) is 17.5 Å². The minimum atomic E-state index is -0.287. The summed E-state index contributed by atoms with van der Waals surface area (Å²) in [5.74, 6) is -0.169. The summed E-state index contributed by atoms with van der Waals surface area (Å²) in [6, 6.07) is 5.00. The molecule has 1 aliphatic heterocycles. The van der Waals surface area contributed by atoms with Gasteiger partial charge >= 0.3 is 0 Å². The summed E-state index contributed by atoms with van der Waals surface area (Å²) < 4.78 is 14.0. The maximum absolute atomic E-state index is 13.5. The summed E-state index contributed by atoms with van der Waals surface area (Å²) in [6.45, 7) is 0. The molecule has 3 rings (SSSR count). The normalized spacial score (nSPS) is 21.8. The second-order valence-corrected chi connectivity index (χ2v) is 7.05. The molecule has 0 fully saturated rings. The average molecular weight is 429 g/mol. The minimum absolute atomic E-state index is 0.0940.